The molecule has 0 aliphatic carbocycles. The van der Waals surface area contributed by atoms with E-state index in [0.29, 0.717) is 15.9 Å². The highest BCUT2D eigenvalue weighted by Gasteiger charge is 2.14. The number of nitro benzene ring substituents is 1. The van der Waals surface area contributed by atoms with Crippen LogP contribution in [0.3, 0.4) is 0 Å². The van der Waals surface area contributed by atoms with E-state index in [0.717, 1.165) is 15.5 Å². The Balaban J connectivity index is 1.91. The predicted octanol–water partition coefficient (Wildman–Crippen LogP) is 4.14. The number of rotatable bonds is 3. The molecular weight excluding hydrogens is 374 g/mol. The summed E-state index contributed by atoms with van der Waals surface area (Å²) in [4.78, 5) is 28.2. The van der Waals surface area contributed by atoms with Crippen LogP contribution in [0.25, 0.3) is 21.0 Å². The highest BCUT2D eigenvalue weighted by molar-refractivity contribution is 7.16. The number of nitro groups is 1. The number of thiazole rings is 1. The summed E-state index contributed by atoms with van der Waals surface area (Å²) in [7, 11) is 0. The Kier molecular flexibility index (Phi) is 4.47. The van der Waals surface area contributed by atoms with Crippen molar-refractivity contribution in [2.75, 3.05) is 0 Å². The number of terminal acetylenes is 1. The third-order valence-electron chi connectivity index (χ3n) is 4.34. The summed E-state index contributed by atoms with van der Waals surface area (Å²) < 4.78 is 2.42. The summed E-state index contributed by atoms with van der Waals surface area (Å²) in [6, 6.07) is 17.6. The zero-order valence-corrected chi connectivity index (χ0v) is 15.3. The number of nitrogens with zero attached hydrogens (tertiary/aromatic N) is 3. The smallest absolute Gasteiger partial charge is 0.280 e. The monoisotopic (exact) mass is 387 g/mol. The molecule has 0 aliphatic rings. The number of fused-ring (bicyclic) bond motifs is 2. The Morgan fingerprint density at radius 1 is 1.18 bits per heavy atom. The Bertz CT molecular complexity index is 1350. The van der Waals surface area contributed by atoms with Gasteiger partial charge in [-0.1, -0.05) is 53.7 Å². The van der Waals surface area contributed by atoms with E-state index in [2.05, 4.69) is 10.9 Å². The molecule has 0 fully saturated rings. The van der Waals surface area contributed by atoms with Gasteiger partial charge in [0.15, 0.2) is 4.80 Å². The fourth-order valence-corrected chi connectivity index (χ4v) is 4.07. The minimum Gasteiger partial charge on any atom is -0.304 e. The number of aromatic nitrogens is 1. The molecule has 6 nitrogen and oxygen atoms in total. The molecular formula is C21H13N3O3S. The van der Waals surface area contributed by atoms with Crippen LogP contribution in [0.4, 0.5) is 5.69 Å². The number of hydrogen-bond acceptors (Lipinski definition) is 4. The SMILES string of the molecule is C#CCn1c(=NC(=O)c2cccc3ccccc23)sc2ccc([N+](=O)[O-])cc21. The van der Waals surface area contributed by atoms with Crippen LogP contribution in [0.2, 0.25) is 0 Å². The lowest BCUT2D eigenvalue weighted by atomic mass is 10.0. The van der Waals surface area contributed by atoms with Gasteiger partial charge in [-0.2, -0.15) is 4.99 Å². The molecule has 4 aromatic rings. The van der Waals surface area contributed by atoms with Crippen molar-refractivity contribution in [1.29, 1.82) is 0 Å². The van der Waals surface area contributed by atoms with Crippen molar-refractivity contribution >= 4 is 43.9 Å². The molecule has 0 aliphatic heterocycles. The van der Waals surface area contributed by atoms with Crippen LogP contribution in [0.15, 0.2) is 65.7 Å². The van der Waals surface area contributed by atoms with Crippen LogP contribution < -0.4 is 4.80 Å². The summed E-state index contributed by atoms with van der Waals surface area (Å²) in [6.07, 6.45) is 5.47. The largest absolute Gasteiger partial charge is 0.304 e. The molecule has 0 N–H and O–H groups in total. The summed E-state index contributed by atoms with van der Waals surface area (Å²) in [5, 5.41) is 12.9. The van der Waals surface area contributed by atoms with E-state index in [1.54, 1.807) is 16.7 Å². The van der Waals surface area contributed by atoms with Gasteiger partial charge in [0, 0.05) is 17.7 Å². The van der Waals surface area contributed by atoms with Gasteiger partial charge < -0.3 is 4.57 Å². The second-order valence-corrected chi connectivity index (χ2v) is 7.04. The lowest BCUT2D eigenvalue weighted by Gasteiger charge is -2.03. The molecule has 0 unspecified atom stereocenters. The van der Waals surface area contributed by atoms with Crippen LogP contribution in [0.5, 0.6) is 0 Å². The van der Waals surface area contributed by atoms with E-state index in [1.807, 2.05) is 36.4 Å². The van der Waals surface area contributed by atoms with Crippen LogP contribution in [0.1, 0.15) is 10.4 Å². The van der Waals surface area contributed by atoms with Gasteiger partial charge in [0.05, 0.1) is 21.7 Å². The fraction of sp³-hybridized carbons (Fsp3) is 0.0476. The maximum absolute atomic E-state index is 12.9. The third kappa shape index (κ3) is 3.06. The number of carbonyl (C=O) groups is 1. The molecule has 0 radical (unpaired) electrons. The second kappa shape index (κ2) is 7.10. The minimum absolute atomic E-state index is 0.0389. The lowest BCUT2D eigenvalue weighted by Crippen LogP contribution is -2.16. The molecule has 0 saturated carbocycles. The zero-order valence-electron chi connectivity index (χ0n) is 14.5. The number of amides is 1. The van der Waals surface area contributed by atoms with Gasteiger partial charge in [-0.15, -0.1) is 6.42 Å². The van der Waals surface area contributed by atoms with E-state index in [4.69, 9.17) is 6.42 Å². The van der Waals surface area contributed by atoms with Crippen molar-refractivity contribution in [2.45, 2.75) is 6.54 Å². The summed E-state index contributed by atoms with van der Waals surface area (Å²) in [5.41, 5.74) is 1.04. The first-order chi connectivity index (χ1) is 13.6. The molecule has 0 bridgehead atoms. The van der Waals surface area contributed by atoms with E-state index < -0.39 is 4.92 Å². The van der Waals surface area contributed by atoms with Crippen LogP contribution in [-0.2, 0) is 6.54 Å². The Labute approximate surface area is 163 Å². The molecule has 1 heterocycles. The van der Waals surface area contributed by atoms with Crippen LogP contribution in [-0.4, -0.2) is 15.4 Å². The summed E-state index contributed by atoms with van der Waals surface area (Å²) in [6.45, 7) is 0.156. The van der Waals surface area contributed by atoms with Gasteiger partial charge in [0.1, 0.15) is 0 Å². The van der Waals surface area contributed by atoms with Gasteiger partial charge in [0.2, 0.25) is 0 Å². The van der Waals surface area contributed by atoms with Crippen LogP contribution >= 0.6 is 11.3 Å². The standard InChI is InChI=1S/C21H13N3O3S/c1-2-12-23-18-13-15(24(26)27)10-11-19(18)28-21(23)22-20(25)17-9-5-7-14-6-3-4-8-16(14)17/h1,3-11,13H,12H2. The highest BCUT2D eigenvalue weighted by Crippen LogP contribution is 2.23. The maximum atomic E-state index is 12.9. The van der Waals surface area contributed by atoms with Crippen molar-refractivity contribution < 1.29 is 9.72 Å². The van der Waals surface area contributed by atoms with E-state index in [9.17, 15) is 14.9 Å². The molecule has 1 amide bonds. The molecule has 1 aromatic heterocycles. The van der Waals surface area contributed by atoms with Crippen molar-refractivity contribution in [3.8, 4) is 12.3 Å². The number of carbonyl (C=O) groups excluding carboxylic acids is 1. The number of hydrogen-bond donors (Lipinski definition) is 0. The van der Waals surface area contributed by atoms with Gasteiger partial charge in [0.25, 0.3) is 11.6 Å². The molecule has 136 valence electrons. The average Bonchev–Trinajstić information content (AvgIpc) is 3.04. The molecule has 28 heavy (non-hydrogen) atoms. The van der Waals surface area contributed by atoms with Crippen molar-refractivity contribution in [3.05, 3.63) is 81.1 Å². The highest BCUT2D eigenvalue weighted by atomic mass is 32.1. The first kappa shape index (κ1) is 17.6. The molecule has 3 aromatic carbocycles. The van der Waals surface area contributed by atoms with Crippen molar-refractivity contribution in [2.24, 2.45) is 4.99 Å². The molecule has 0 spiro atoms. The Morgan fingerprint density at radius 3 is 2.75 bits per heavy atom. The third-order valence-corrected chi connectivity index (χ3v) is 5.40. The molecule has 7 heteroatoms. The second-order valence-electron chi connectivity index (χ2n) is 6.03. The minimum atomic E-state index is -0.463. The maximum Gasteiger partial charge on any atom is 0.280 e. The molecule has 0 saturated heterocycles. The van der Waals surface area contributed by atoms with Crippen molar-refractivity contribution in [3.63, 3.8) is 0 Å². The van der Waals surface area contributed by atoms with Gasteiger partial charge in [-0.3, -0.25) is 14.9 Å². The normalized spacial score (nSPS) is 11.6. The van der Waals surface area contributed by atoms with Gasteiger partial charge in [-0.05, 0) is 22.9 Å². The number of benzene rings is 3. The fourth-order valence-electron chi connectivity index (χ4n) is 3.06. The van der Waals surface area contributed by atoms with E-state index in [-0.39, 0.29) is 18.1 Å². The molecule has 4 rings (SSSR count). The molecule has 0 atom stereocenters. The average molecular weight is 387 g/mol. The topological polar surface area (TPSA) is 77.5 Å². The zero-order chi connectivity index (χ0) is 19.7. The first-order valence-corrected chi connectivity index (χ1v) is 9.18. The Morgan fingerprint density at radius 2 is 1.96 bits per heavy atom. The van der Waals surface area contributed by atoms with E-state index >= 15 is 0 Å². The van der Waals surface area contributed by atoms with Crippen LogP contribution in [0, 0.1) is 22.5 Å². The van der Waals surface area contributed by atoms with Gasteiger partial charge in [-0.25, -0.2) is 0 Å². The van der Waals surface area contributed by atoms with Crippen molar-refractivity contribution in [1.82, 2.24) is 4.57 Å². The quantitative estimate of drug-likeness (QED) is 0.301. The predicted molar refractivity (Wildman–Crippen MR) is 109 cm³/mol. The first-order valence-electron chi connectivity index (χ1n) is 8.36. The Hall–Kier alpha value is -3.76. The lowest BCUT2D eigenvalue weighted by molar-refractivity contribution is -0.384. The van der Waals surface area contributed by atoms with Gasteiger partial charge >= 0.3 is 0 Å². The number of non-ortho nitro benzene ring substituents is 1. The summed E-state index contributed by atoms with van der Waals surface area (Å²) >= 11 is 1.27. The summed E-state index contributed by atoms with van der Waals surface area (Å²) in [5.74, 6) is 2.14. The van der Waals surface area contributed by atoms with E-state index in [1.165, 1.54) is 23.5 Å².